The lowest BCUT2D eigenvalue weighted by Crippen LogP contribution is -2.10. The predicted molar refractivity (Wildman–Crippen MR) is 99.5 cm³/mol. The van der Waals surface area contributed by atoms with Gasteiger partial charge in [0.25, 0.3) is 0 Å². The predicted octanol–water partition coefficient (Wildman–Crippen LogP) is 6.00. The topological polar surface area (TPSA) is 42.2 Å². The van der Waals surface area contributed by atoms with Gasteiger partial charge in [0.1, 0.15) is 11.3 Å². The van der Waals surface area contributed by atoms with Crippen LogP contribution in [0.4, 0.5) is 5.69 Å². The van der Waals surface area contributed by atoms with Crippen LogP contribution in [0.5, 0.6) is 0 Å². The summed E-state index contributed by atoms with van der Waals surface area (Å²) >= 11 is 0. The molecule has 0 spiro atoms. The molecule has 0 bridgehead atoms. The van der Waals surface area contributed by atoms with Gasteiger partial charge in [-0.2, -0.15) is 0 Å². The maximum Gasteiger partial charge on any atom is 0.224 e. The number of furan rings is 1. The number of fused-ring (bicyclic) bond motifs is 3. The number of amides is 1. The zero-order valence-electron chi connectivity index (χ0n) is 14.8. The average Bonchev–Trinajstić information content (AvgIpc) is 2.88. The Labute approximate surface area is 144 Å². The van der Waals surface area contributed by atoms with E-state index < -0.39 is 0 Å². The van der Waals surface area contributed by atoms with Crippen LogP contribution in [0.2, 0.25) is 0 Å². The van der Waals surface area contributed by atoms with Crippen LogP contribution in [0, 0.1) is 0 Å². The minimum Gasteiger partial charge on any atom is -0.461 e. The van der Waals surface area contributed by atoms with Gasteiger partial charge in [0, 0.05) is 29.5 Å². The molecule has 24 heavy (non-hydrogen) atoms. The van der Waals surface area contributed by atoms with Crippen LogP contribution in [-0.4, -0.2) is 5.91 Å². The average molecular weight is 327 g/mol. The third-order valence-corrected chi connectivity index (χ3v) is 5.00. The fourth-order valence-corrected chi connectivity index (χ4v) is 3.63. The Bertz CT molecular complexity index is 686. The Morgan fingerprint density at radius 2 is 1.92 bits per heavy atom. The molecule has 1 heterocycles. The van der Waals surface area contributed by atoms with Crippen LogP contribution in [0.1, 0.15) is 76.0 Å². The first-order valence-corrected chi connectivity index (χ1v) is 9.62. The van der Waals surface area contributed by atoms with Crippen LogP contribution in [0.3, 0.4) is 0 Å². The van der Waals surface area contributed by atoms with E-state index in [9.17, 15) is 4.79 Å². The molecular weight excluding hydrogens is 298 g/mol. The van der Waals surface area contributed by atoms with Crippen molar-refractivity contribution in [3.8, 4) is 0 Å². The molecule has 0 unspecified atom stereocenters. The van der Waals surface area contributed by atoms with Crippen molar-refractivity contribution in [1.82, 2.24) is 0 Å². The van der Waals surface area contributed by atoms with Crippen molar-refractivity contribution >= 4 is 22.6 Å². The van der Waals surface area contributed by atoms with Crippen LogP contribution >= 0.6 is 0 Å². The lowest BCUT2D eigenvalue weighted by atomic mass is 9.97. The number of rotatable bonds is 6. The molecule has 130 valence electrons. The van der Waals surface area contributed by atoms with E-state index in [0.29, 0.717) is 6.42 Å². The Balaban J connectivity index is 1.71. The molecule has 1 aromatic carbocycles. The Kier molecular flexibility index (Phi) is 5.95. The molecule has 1 N–H and O–H groups in total. The van der Waals surface area contributed by atoms with Gasteiger partial charge in [-0.15, -0.1) is 0 Å². The van der Waals surface area contributed by atoms with Crippen molar-refractivity contribution in [2.24, 2.45) is 0 Å². The number of hydrogen-bond acceptors (Lipinski definition) is 2. The quantitative estimate of drug-likeness (QED) is 0.661. The van der Waals surface area contributed by atoms with Crippen molar-refractivity contribution in [1.29, 1.82) is 0 Å². The summed E-state index contributed by atoms with van der Waals surface area (Å²) in [6.45, 7) is 2.19. The van der Waals surface area contributed by atoms with Gasteiger partial charge in [0.2, 0.25) is 5.91 Å². The second kappa shape index (κ2) is 8.36. The van der Waals surface area contributed by atoms with E-state index in [-0.39, 0.29) is 5.91 Å². The molecule has 0 saturated heterocycles. The summed E-state index contributed by atoms with van der Waals surface area (Å²) in [5.74, 6) is 1.28. The highest BCUT2D eigenvalue weighted by atomic mass is 16.3. The van der Waals surface area contributed by atoms with E-state index in [1.54, 1.807) is 0 Å². The van der Waals surface area contributed by atoms with Gasteiger partial charge in [0.15, 0.2) is 0 Å². The third-order valence-electron chi connectivity index (χ3n) is 5.00. The van der Waals surface area contributed by atoms with Crippen molar-refractivity contribution in [2.45, 2.75) is 77.6 Å². The van der Waals surface area contributed by atoms with Gasteiger partial charge >= 0.3 is 0 Å². The SMILES string of the molecule is CCCCCCC(=O)Nc1ccc2oc3c(c2c1)CCCCCC3. The van der Waals surface area contributed by atoms with Gasteiger partial charge in [-0.1, -0.05) is 39.0 Å². The van der Waals surface area contributed by atoms with Gasteiger partial charge in [-0.05, 0) is 43.9 Å². The number of unbranched alkanes of at least 4 members (excludes halogenated alkanes) is 3. The van der Waals surface area contributed by atoms with E-state index in [1.807, 2.05) is 12.1 Å². The number of carbonyl (C=O) groups is 1. The summed E-state index contributed by atoms with van der Waals surface area (Å²) in [6, 6.07) is 6.07. The molecule has 1 aliphatic carbocycles. The van der Waals surface area contributed by atoms with Crippen LogP contribution in [-0.2, 0) is 17.6 Å². The Hall–Kier alpha value is -1.77. The van der Waals surface area contributed by atoms with E-state index in [2.05, 4.69) is 18.3 Å². The van der Waals surface area contributed by atoms with Crippen LogP contribution < -0.4 is 5.32 Å². The van der Waals surface area contributed by atoms with Gasteiger partial charge in [0.05, 0.1) is 0 Å². The minimum atomic E-state index is 0.122. The summed E-state index contributed by atoms with van der Waals surface area (Å²) in [5, 5.41) is 4.25. The standard InChI is InChI=1S/C21H29NO2/c1-2-3-4-9-12-21(23)22-16-13-14-20-18(15-16)17-10-7-5-6-8-11-19(17)24-20/h13-15H,2-12H2,1H3,(H,22,23). The van der Waals surface area contributed by atoms with E-state index >= 15 is 0 Å². The third kappa shape index (κ3) is 4.19. The summed E-state index contributed by atoms with van der Waals surface area (Å²) in [6.07, 6.45) is 12.3. The molecule has 3 nitrogen and oxygen atoms in total. The maximum absolute atomic E-state index is 12.1. The summed E-state index contributed by atoms with van der Waals surface area (Å²) in [5.41, 5.74) is 3.22. The molecule has 0 aliphatic heterocycles. The number of anilines is 1. The van der Waals surface area contributed by atoms with Crippen molar-refractivity contribution in [2.75, 3.05) is 5.32 Å². The van der Waals surface area contributed by atoms with Gasteiger partial charge < -0.3 is 9.73 Å². The van der Waals surface area contributed by atoms with Crippen LogP contribution in [0.25, 0.3) is 11.0 Å². The molecular formula is C21H29NO2. The van der Waals surface area contributed by atoms with Crippen molar-refractivity contribution in [3.63, 3.8) is 0 Å². The number of benzene rings is 1. The van der Waals surface area contributed by atoms with Gasteiger partial charge in [-0.3, -0.25) is 4.79 Å². The molecule has 3 heteroatoms. The number of hydrogen-bond donors (Lipinski definition) is 1. The minimum absolute atomic E-state index is 0.122. The molecule has 3 rings (SSSR count). The normalized spacial score (nSPS) is 14.9. The smallest absolute Gasteiger partial charge is 0.224 e. The molecule has 1 aliphatic rings. The summed E-state index contributed by atoms with van der Waals surface area (Å²) in [4.78, 5) is 12.1. The molecule has 1 aromatic heterocycles. The van der Waals surface area contributed by atoms with E-state index in [1.165, 1.54) is 49.5 Å². The first kappa shape index (κ1) is 17.1. The monoisotopic (exact) mass is 327 g/mol. The van der Waals surface area contributed by atoms with E-state index in [0.717, 1.165) is 42.7 Å². The fourth-order valence-electron chi connectivity index (χ4n) is 3.63. The highest BCUT2D eigenvalue weighted by Crippen LogP contribution is 2.32. The summed E-state index contributed by atoms with van der Waals surface area (Å²) < 4.78 is 6.07. The van der Waals surface area contributed by atoms with Crippen molar-refractivity contribution < 1.29 is 9.21 Å². The lowest BCUT2D eigenvalue weighted by Gasteiger charge is -2.08. The molecule has 1 amide bonds. The number of carbonyl (C=O) groups excluding carboxylic acids is 1. The second-order valence-electron chi connectivity index (χ2n) is 6.99. The maximum atomic E-state index is 12.1. The number of aryl methyl sites for hydroxylation is 2. The molecule has 0 saturated carbocycles. The molecule has 0 atom stereocenters. The highest BCUT2D eigenvalue weighted by Gasteiger charge is 2.16. The van der Waals surface area contributed by atoms with E-state index in [4.69, 9.17) is 4.42 Å². The van der Waals surface area contributed by atoms with Gasteiger partial charge in [-0.25, -0.2) is 0 Å². The Morgan fingerprint density at radius 1 is 1.08 bits per heavy atom. The van der Waals surface area contributed by atoms with Crippen LogP contribution in [0.15, 0.2) is 22.6 Å². The Morgan fingerprint density at radius 3 is 2.75 bits per heavy atom. The molecule has 0 fully saturated rings. The largest absolute Gasteiger partial charge is 0.461 e. The van der Waals surface area contributed by atoms with Crippen molar-refractivity contribution in [3.05, 3.63) is 29.5 Å². The zero-order valence-corrected chi connectivity index (χ0v) is 14.8. The molecule has 0 radical (unpaired) electrons. The summed E-state index contributed by atoms with van der Waals surface area (Å²) in [7, 11) is 0. The first-order chi connectivity index (χ1) is 11.8. The first-order valence-electron chi connectivity index (χ1n) is 9.62. The number of nitrogens with one attached hydrogen (secondary N) is 1. The lowest BCUT2D eigenvalue weighted by molar-refractivity contribution is -0.116. The highest BCUT2D eigenvalue weighted by molar-refractivity contribution is 5.94. The second-order valence-corrected chi connectivity index (χ2v) is 6.99. The molecule has 2 aromatic rings. The zero-order chi connectivity index (χ0) is 16.8. The fraction of sp³-hybridized carbons (Fsp3) is 0.571.